The van der Waals surface area contributed by atoms with Gasteiger partial charge in [0.15, 0.2) is 0 Å². The Morgan fingerprint density at radius 3 is 3.00 bits per heavy atom. The first-order chi connectivity index (χ1) is 7.56. The number of rotatable bonds is 1. The third-order valence-corrected chi connectivity index (χ3v) is 2.54. The van der Waals surface area contributed by atoms with Crippen LogP contribution in [0.3, 0.4) is 0 Å². The quantitative estimate of drug-likeness (QED) is 0.626. The van der Waals surface area contributed by atoms with E-state index in [4.69, 9.17) is 4.74 Å². The van der Waals surface area contributed by atoms with Gasteiger partial charge in [-0.2, -0.15) is 0 Å². The topological polar surface area (TPSA) is 12.5 Å². The Balaban J connectivity index is 2.26. The summed E-state index contributed by atoms with van der Waals surface area (Å²) >= 11 is 0. The highest BCUT2D eigenvalue weighted by Gasteiger charge is 2.23. The van der Waals surface area contributed by atoms with Crippen molar-refractivity contribution in [2.24, 2.45) is 5.41 Å². The molecule has 2 rings (SSSR count). The molecule has 1 aliphatic heterocycles. The van der Waals surface area contributed by atoms with Crippen LogP contribution in [-0.2, 0) is 4.74 Å². The van der Waals surface area contributed by atoms with E-state index >= 15 is 0 Å². The zero-order valence-corrected chi connectivity index (χ0v) is 10.3. The summed E-state index contributed by atoms with van der Waals surface area (Å²) in [6, 6.07) is 0. The van der Waals surface area contributed by atoms with Gasteiger partial charge in [-0.1, -0.05) is 26.8 Å². The van der Waals surface area contributed by atoms with Crippen molar-refractivity contribution in [1.29, 1.82) is 0 Å². The third-order valence-electron chi connectivity index (χ3n) is 2.54. The Kier molecular flexibility index (Phi) is 2.93. The number of ether oxygens (including phenoxy) is 1. The summed E-state index contributed by atoms with van der Waals surface area (Å²) in [5, 5.41) is 0. The molecule has 0 aromatic carbocycles. The van der Waals surface area contributed by atoms with E-state index in [1.54, 1.807) is 0 Å². The van der Waals surface area contributed by atoms with Gasteiger partial charge in [-0.15, -0.1) is 5.73 Å². The first kappa shape index (κ1) is 11.1. The standard InChI is InChI=1S/C14H19NO/c1-14(2,3)11-15-9-10-16-13-8-6-4-5-7-12(13)15/h4,6-8H,9-11H2,1-3H3. The van der Waals surface area contributed by atoms with Crippen LogP contribution in [-0.4, -0.2) is 24.6 Å². The van der Waals surface area contributed by atoms with Gasteiger partial charge in [-0.25, -0.2) is 0 Å². The fraction of sp³-hybridized carbons (Fsp3) is 0.500. The summed E-state index contributed by atoms with van der Waals surface area (Å²) in [6.07, 6.45) is 7.91. The van der Waals surface area contributed by atoms with Crippen LogP contribution in [0.1, 0.15) is 20.8 Å². The van der Waals surface area contributed by atoms with Crippen molar-refractivity contribution in [2.75, 3.05) is 19.7 Å². The summed E-state index contributed by atoms with van der Waals surface area (Å²) in [5.74, 6) is 0.969. The van der Waals surface area contributed by atoms with Crippen molar-refractivity contribution in [3.8, 4) is 0 Å². The number of hydrogen-bond acceptors (Lipinski definition) is 2. The molecule has 0 saturated carbocycles. The van der Waals surface area contributed by atoms with Crippen LogP contribution in [0.15, 0.2) is 41.5 Å². The molecule has 16 heavy (non-hydrogen) atoms. The van der Waals surface area contributed by atoms with Crippen LogP contribution in [0, 0.1) is 5.41 Å². The zero-order valence-electron chi connectivity index (χ0n) is 10.3. The smallest absolute Gasteiger partial charge is 0.143 e. The van der Waals surface area contributed by atoms with E-state index in [0.717, 1.165) is 31.2 Å². The van der Waals surface area contributed by atoms with Gasteiger partial charge in [-0.05, 0) is 17.6 Å². The summed E-state index contributed by atoms with van der Waals surface area (Å²) in [5.41, 5.74) is 4.60. The highest BCUT2D eigenvalue weighted by atomic mass is 16.5. The molecule has 0 aromatic heterocycles. The molecule has 0 amide bonds. The summed E-state index contributed by atoms with van der Waals surface area (Å²) in [6.45, 7) is 9.55. The van der Waals surface area contributed by atoms with Gasteiger partial charge in [0.25, 0.3) is 0 Å². The second kappa shape index (κ2) is 4.23. The highest BCUT2D eigenvalue weighted by molar-refractivity contribution is 5.34. The number of allylic oxidation sites excluding steroid dienone is 3. The van der Waals surface area contributed by atoms with Gasteiger partial charge in [0.2, 0.25) is 0 Å². The molecule has 0 fully saturated rings. The van der Waals surface area contributed by atoms with Crippen molar-refractivity contribution in [3.63, 3.8) is 0 Å². The monoisotopic (exact) mass is 217 g/mol. The fourth-order valence-electron chi connectivity index (χ4n) is 1.97. The lowest BCUT2D eigenvalue weighted by Gasteiger charge is -2.35. The molecule has 0 radical (unpaired) electrons. The molecule has 0 saturated heterocycles. The SMILES string of the molecule is CC(C)(C)CN1CCOC2=C1C=C=CC=C2. The van der Waals surface area contributed by atoms with Crippen molar-refractivity contribution >= 4 is 0 Å². The predicted molar refractivity (Wildman–Crippen MR) is 65.8 cm³/mol. The van der Waals surface area contributed by atoms with E-state index in [0.29, 0.717) is 5.41 Å². The number of nitrogens with zero attached hydrogens (tertiary/aromatic N) is 1. The summed E-state index contributed by atoms with van der Waals surface area (Å²) in [4.78, 5) is 2.38. The Hall–Kier alpha value is -1.40. The van der Waals surface area contributed by atoms with Crippen molar-refractivity contribution in [1.82, 2.24) is 4.90 Å². The molecular weight excluding hydrogens is 198 g/mol. The van der Waals surface area contributed by atoms with Gasteiger partial charge >= 0.3 is 0 Å². The largest absolute Gasteiger partial charge is 0.490 e. The van der Waals surface area contributed by atoms with Crippen LogP contribution < -0.4 is 0 Å². The Bertz CT molecular complexity index is 389. The minimum absolute atomic E-state index is 0.295. The van der Waals surface area contributed by atoms with Crippen LogP contribution in [0.2, 0.25) is 0 Å². The molecule has 0 bridgehead atoms. The maximum atomic E-state index is 5.67. The molecule has 0 N–H and O–H groups in total. The van der Waals surface area contributed by atoms with Crippen molar-refractivity contribution < 1.29 is 4.74 Å². The van der Waals surface area contributed by atoms with Crippen LogP contribution in [0.5, 0.6) is 0 Å². The normalized spacial score (nSPS) is 19.6. The average molecular weight is 217 g/mol. The molecular formula is C14H19NO. The maximum absolute atomic E-state index is 5.67. The van der Waals surface area contributed by atoms with E-state index in [1.807, 2.05) is 24.3 Å². The lowest BCUT2D eigenvalue weighted by atomic mass is 9.95. The number of hydrogen-bond donors (Lipinski definition) is 0. The predicted octanol–water partition coefficient (Wildman–Crippen LogP) is 2.86. The van der Waals surface area contributed by atoms with E-state index in [2.05, 4.69) is 31.4 Å². The van der Waals surface area contributed by atoms with Crippen LogP contribution in [0.25, 0.3) is 0 Å². The lowest BCUT2D eigenvalue weighted by molar-refractivity contribution is 0.121. The second-order valence-electron chi connectivity index (χ2n) is 5.42. The first-order valence-electron chi connectivity index (χ1n) is 5.77. The Labute approximate surface area is 97.6 Å². The van der Waals surface area contributed by atoms with Crippen molar-refractivity contribution in [2.45, 2.75) is 20.8 Å². The van der Waals surface area contributed by atoms with Crippen LogP contribution in [0.4, 0.5) is 0 Å². The van der Waals surface area contributed by atoms with Gasteiger partial charge in [0.1, 0.15) is 12.4 Å². The summed E-state index contributed by atoms with van der Waals surface area (Å²) < 4.78 is 5.67. The average Bonchev–Trinajstić information content (AvgIpc) is 2.41. The maximum Gasteiger partial charge on any atom is 0.143 e. The van der Waals surface area contributed by atoms with E-state index in [-0.39, 0.29) is 0 Å². The molecule has 0 spiro atoms. The highest BCUT2D eigenvalue weighted by Crippen LogP contribution is 2.25. The van der Waals surface area contributed by atoms with Crippen LogP contribution >= 0.6 is 0 Å². The molecule has 2 nitrogen and oxygen atoms in total. The van der Waals surface area contributed by atoms with E-state index < -0.39 is 0 Å². The van der Waals surface area contributed by atoms with E-state index in [9.17, 15) is 0 Å². The molecule has 2 heteroatoms. The molecule has 2 aliphatic rings. The van der Waals surface area contributed by atoms with Gasteiger partial charge in [0, 0.05) is 12.6 Å². The van der Waals surface area contributed by atoms with E-state index in [1.165, 1.54) is 0 Å². The van der Waals surface area contributed by atoms with Gasteiger partial charge in [0.05, 0.1) is 12.2 Å². The first-order valence-corrected chi connectivity index (χ1v) is 5.77. The lowest BCUT2D eigenvalue weighted by Crippen LogP contribution is -2.37. The zero-order chi connectivity index (χ0) is 11.6. The third kappa shape index (κ3) is 2.59. The molecule has 1 aliphatic carbocycles. The molecule has 86 valence electrons. The summed E-state index contributed by atoms with van der Waals surface area (Å²) in [7, 11) is 0. The molecule has 0 atom stereocenters. The second-order valence-corrected chi connectivity index (χ2v) is 5.42. The Morgan fingerprint density at radius 1 is 1.44 bits per heavy atom. The molecule has 0 unspecified atom stereocenters. The van der Waals surface area contributed by atoms with Gasteiger partial charge in [-0.3, -0.25) is 0 Å². The van der Waals surface area contributed by atoms with Crippen molar-refractivity contribution in [3.05, 3.63) is 41.5 Å². The fourth-order valence-corrected chi connectivity index (χ4v) is 1.97. The molecule has 1 heterocycles. The van der Waals surface area contributed by atoms with Gasteiger partial charge < -0.3 is 9.64 Å². The molecule has 0 aromatic rings. The Morgan fingerprint density at radius 2 is 2.25 bits per heavy atom. The minimum atomic E-state index is 0.295. The minimum Gasteiger partial charge on any atom is -0.490 e.